The minimum absolute atomic E-state index is 0.444. The molecule has 0 aliphatic carbocycles. The minimum atomic E-state index is 0.444. The van der Waals surface area contributed by atoms with Crippen molar-refractivity contribution in [2.75, 3.05) is 17.7 Å². The van der Waals surface area contributed by atoms with Gasteiger partial charge in [-0.3, -0.25) is 0 Å². The second-order valence-electron chi connectivity index (χ2n) is 4.67. The fourth-order valence-corrected chi connectivity index (χ4v) is 2.66. The van der Waals surface area contributed by atoms with Crippen molar-refractivity contribution in [3.8, 4) is 0 Å². The SMILES string of the molecule is Cc1ccc(N2N=CCCN2CCl)c2ccccc12. The summed E-state index contributed by atoms with van der Waals surface area (Å²) in [5.41, 5.74) is 2.36. The highest BCUT2D eigenvalue weighted by Gasteiger charge is 2.19. The fourth-order valence-electron chi connectivity index (χ4n) is 2.44. The summed E-state index contributed by atoms with van der Waals surface area (Å²) in [4.78, 5) is 0. The fraction of sp³-hybridized carbons (Fsp3) is 0.267. The highest BCUT2D eigenvalue weighted by atomic mass is 35.5. The van der Waals surface area contributed by atoms with Crippen LogP contribution in [-0.4, -0.2) is 23.8 Å². The Bertz CT molecular complexity index is 624. The summed E-state index contributed by atoms with van der Waals surface area (Å²) in [7, 11) is 0. The molecule has 0 aromatic heterocycles. The van der Waals surface area contributed by atoms with Gasteiger partial charge in [0.25, 0.3) is 0 Å². The first-order chi connectivity index (χ1) is 9.31. The lowest BCUT2D eigenvalue weighted by Crippen LogP contribution is -2.42. The number of benzene rings is 2. The van der Waals surface area contributed by atoms with Crippen molar-refractivity contribution in [2.45, 2.75) is 13.3 Å². The number of hydrazone groups is 1. The van der Waals surface area contributed by atoms with Crippen LogP contribution < -0.4 is 5.12 Å². The number of fused-ring (bicyclic) bond motifs is 1. The lowest BCUT2D eigenvalue weighted by Gasteiger charge is -2.33. The van der Waals surface area contributed by atoms with E-state index in [0.29, 0.717) is 6.00 Å². The minimum Gasteiger partial charge on any atom is -0.193 e. The standard InChI is InChI=1S/C15H16ClN3/c1-12-7-8-15(14-6-3-2-5-13(12)14)19-17-9-4-10-18(19)11-16/h2-3,5-9H,4,10-11H2,1H3. The largest absolute Gasteiger partial charge is 0.193 e. The Kier molecular flexibility index (Phi) is 3.40. The number of hydrogen-bond donors (Lipinski definition) is 0. The maximum Gasteiger partial charge on any atom is 0.0944 e. The van der Waals surface area contributed by atoms with E-state index in [1.807, 2.05) is 16.3 Å². The molecular weight excluding hydrogens is 258 g/mol. The van der Waals surface area contributed by atoms with Crippen LogP contribution in [0.5, 0.6) is 0 Å². The predicted molar refractivity (Wildman–Crippen MR) is 81.7 cm³/mol. The van der Waals surface area contributed by atoms with Gasteiger partial charge in [-0.15, -0.1) is 11.6 Å². The van der Waals surface area contributed by atoms with Crippen molar-refractivity contribution in [1.29, 1.82) is 0 Å². The van der Waals surface area contributed by atoms with E-state index in [-0.39, 0.29) is 0 Å². The lowest BCUT2D eigenvalue weighted by molar-refractivity contribution is 0.292. The Morgan fingerprint density at radius 2 is 1.95 bits per heavy atom. The molecule has 0 unspecified atom stereocenters. The van der Waals surface area contributed by atoms with Gasteiger partial charge in [-0.2, -0.15) is 15.2 Å². The van der Waals surface area contributed by atoms with Crippen LogP contribution in [0.2, 0.25) is 0 Å². The van der Waals surface area contributed by atoms with Gasteiger partial charge in [0.15, 0.2) is 0 Å². The molecule has 0 fully saturated rings. The van der Waals surface area contributed by atoms with Gasteiger partial charge in [-0.1, -0.05) is 30.3 Å². The molecule has 1 aliphatic rings. The van der Waals surface area contributed by atoms with Crippen molar-refractivity contribution < 1.29 is 0 Å². The van der Waals surface area contributed by atoms with Crippen molar-refractivity contribution >= 4 is 34.3 Å². The topological polar surface area (TPSA) is 18.8 Å². The zero-order chi connectivity index (χ0) is 13.2. The van der Waals surface area contributed by atoms with E-state index in [4.69, 9.17) is 11.6 Å². The van der Waals surface area contributed by atoms with Crippen LogP contribution in [0.25, 0.3) is 10.8 Å². The van der Waals surface area contributed by atoms with E-state index < -0.39 is 0 Å². The first-order valence-electron chi connectivity index (χ1n) is 6.43. The predicted octanol–water partition coefficient (Wildman–Crippen LogP) is 3.76. The zero-order valence-electron chi connectivity index (χ0n) is 10.9. The molecule has 0 radical (unpaired) electrons. The van der Waals surface area contributed by atoms with Crippen LogP contribution in [0.15, 0.2) is 41.5 Å². The third kappa shape index (κ3) is 2.20. The van der Waals surface area contributed by atoms with E-state index in [0.717, 1.165) is 18.7 Å². The number of nitrogens with zero attached hydrogens (tertiary/aromatic N) is 3. The van der Waals surface area contributed by atoms with E-state index in [2.05, 4.69) is 48.4 Å². The highest BCUT2D eigenvalue weighted by molar-refractivity contribution is 6.17. The number of hydrazine groups is 1. The monoisotopic (exact) mass is 273 g/mol. The summed E-state index contributed by atoms with van der Waals surface area (Å²) in [6.07, 6.45) is 2.88. The molecule has 3 rings (SSSR count). The molecular formula is C15H16ClN3. The summed E-state index contributed by atoms with van der Waals surface area (Å²) in [6, 6.07) is 13.1. The Balaban J connectivity index is 2.17. The summed E-state index contributed by atoms with van der Waals surface area (Å²) in [5, 5.41) is 10.9. The van der Waals surface area contributed by atoms with E-state index in [9.17, 15) is 0 Å². The number of rotatable bonds is 2. The zero-order valence-corrected chi connectivity index (χ0v) is 11.6. The van der Waals surface area contributed by atoms with E-state index in [1.54, 1.807) is 0 Å². The normalized spacial score (nSPS) is 16.2. The molecule has 98 valence electrons. The maximum absolute atomic E-state index is 6.02. The Morgan fingerprint density at radius 3 is 2.74 bits per heavy atom. The maximum atomic E-state index is 6.02. The summed E-state index contributed by atoms with van der Waals surface area (Å²) in [5.74, 6) is 0. The lowest BCUT2D eigenvalue weighted by atomic mass is 10.0. The van der Waals surface area contributed by atoms with Crippen molar-refractivity contribution in [2.24, 2.45) is 5.10 Å². The smallest absolute Gasteiger partial charge is 0.0944 e. The number of hydrogen-bond acceptors (Lipinski definition) is 3. The molecule has 0 atom stereocenters. The first-order valence-corrected chi connectivity index (χ1v) is 6.96. The quantitative estimate of drug-likeness (QED) is 0.613. The van der Waals surface area contributed by atoms with Gasteiger partial charge < -0.3 is 0 Å². The summed E-state index contributed by atoms with van der Waals surface area (Å²) >= 11 is 6.02. The van der Waals surface area contributed by atoms with E-state index in [1.165, 1.54) is 16.3 Å². The molecule has 1 aliphatic heterocycles. The van der Waals surface area contributed by atoms with Gasteiger partial charge in [0.2, 0.25) is 0 Å². The molecule has 19 heavy (non-hydrogen) atoms. The molecule has 0 amide bonds. The van der Waals surface area contributed by atoms with Gasteiger partial charge in [-0.25, -0.2) is 0 Å². The molecule has 0 saturated carbocycles. The number of alkyl halides is 1. The van der Waals surface area contributed by atoms with Gasteiger partial charge in [0.05, 0.1) is 11.7 Å². The van der Waals surface area contributed by atoms with Crippen molar-refractivity contribution in [3.05, 3.63) is 42.0 Å². The molecule has 0 N–H and O–H groups in total. The summed E-state index contributed by atoms with van der Waals surface area (Å²) in [6.45, 7) is 3.03. The second-order valence-corrected chi connectivity index (χ2v) is 4.91. The average molecular weight is 274 g/mol. The van der Waals surface area contributed by atoms with Crippen molar-refractivity contribution in [3.63, 3.8) is 0 Å². The third-order valence-corrected chi connectivity index (χ3v) is 3.72. The van der Waals surface area contributed by atoms with Gasteiger partial charge in [-0.05, 0) is 30.4 Å². The van der Waals surface area contributed by atoms with Crippen LogP contribution in [0.3, 0.4) is 0 Å². The van der Waals surface area contributed by atoms with Crippen LogP contribution in [0.1, 0.15) is 12.0 Å². The number of aryl methyl sites for hydroxylation is 1. The number of halogens is 1. The molecule has 2 aromatic rings. The summed E-state index contributed by atoms with van der Waals surface area (Å²) < 4.78 is 0. The molecule has 1 heterocycles. The van der Waals surface area contributed by atoms with Gasteiger partial charge >= 0.3 is 0 Å². The number of anilines is 1. The molecule has 3 nitrogen and oxygen atoms in total. The van der Waals surface area contributed by atoms with Crippen LogP contribution >= 0.6 is 11.6 Å². The van der Waals surface area contributed by atoms with Crippen LogP contribution in [-0.2, 0) is 0 Å². The molecule has 0 spiro atoms. The second kappa shape index (κ2) is 5.19. The van der Waals surface area contributed by atoms with Crippen LogP contribution in [0.4, 0.5) is 5.69 Å². The third-order valence-electron chi connectivity index (χ3n) is 3.45. The Labute approximate surface area is 118 Å². The Morgan fingerprint density at radius 1 is 1.16 bits per heavy atom. The van der Waals surface area contributed by atoms with E-state index >= 15 is 0 Å². The molecule has 0 saturated heterocycles. The van der Waals surface area contributed by atoms with Crippen LogP contribution in [0, 0.1) is 6.92 Å². The molecule has 4 heteroatoms. The van der Waals surface area contributed by atoms with Crippen molar-refractivity contribution in [1.82, 2.24) is 5.01 Å². The van der Waals surface area contributed by atoms with Gasteiger partial charge in [0.1, 0.15) is 0 Å². The average Bonchev–Trinajstić information content (AvgIpc) is 2.48. The first kappa shape index (κ1) is 12.5. The van der Waals surface area contributed by atoms with Gasteiger partial charge in [0, 0.05) is 18.1 Å². The highest BCUT2D eigenvalue weighted by Crippen LogP contribution is 2.31. The Hall–Kier alpha value is -1.58. The molecule has 0 bridgehead atoms. The molecule has 2 aromatic carbocycles.